The van der Waals surface area contributed by atoms with E-state index in [9.17, 15) is 0 Å². The third kappa shape index (κ3) is 6.78. The van der Waals surface area contributed by atoms with Gasteiger partial charge in [0.05, 0.1) is 32.5 Å². The van der Waals surface area contributed by atoms with Crippen molar-refractivity contribution in [2.24, 2.45) is 0 Å². The van der Waals surface area contributed by atoms with E-state index in [0.717, 1.165) is 48.7 Å². The Morgan fingerprint density at radius 3 is 2.50 bits per heavy atom. The maximum atomic E-state index is 6.39. The molecule has 3 aromatic carbocycles. The summed E-state index contributed by atoms with van der Waals surface area (Å²) in [6.45, 7) is 5.55. The summed E-state index contributed by atoms with van der Waals surface area (Å²) in [5, 5.41) is 3.48. The van der Waals surface area contributed by atoms with Crippen LogP contribution in [0.1, 0.15) is 35.4 Å². The fourth-order valence-corrected chi connectivity index (χ4v) is 4.69. The first-order valence-corrected chi connectivity index (χ1v) is 12.9. The maximum absolute atomic E-state index is 6.39. The largest absolute Gasteiger partial charge is 0.494 e. The van der Waals surface area contributed by atoms with E-state index in [0.29, 0.717) is 45.6 Å². The maximum Gasteiger partial charge on any atom is 0.161 e. The molecule has 0 bridgehead atoms. The first-order chi connectivity index (χ1) is 17.8. The van der Waals surface area contributed by atoms with Crippen LogP contribution in [0.25, 0.3) is 0 Å². The van der Waals surface area contributed by atoms with Gasteiger partial charge in [0.2, 0.25) is 0 Å². The highest BCUT2D eigenvalue weighted by Gasteiger charge is 2.27. The number of ether oxygens (including phenoxy) is 5. The monoisotopic (exact) mass is 489 g/mol. The molecule has 1 N–H and O–H groups in total. The van der Waals surface area contributed by atoms with Gasteiger partial charge in [0, 0.05) is 18.9 Å². The fraction of sp³-hybridized carbons (Fsp3) is 0.400. The lowest BCUT2D eigenvalue weighted by Gasteiger charge is -2.32. The van der Waals surface area contributed by atoms with Gasteiger partial charge in [-0.2, -0.15) is 0 Å². The Hall–Kier alpha value is -3.06. The molecule has 0 aliphatic carbocycles. The average molecular weight is 490 g/mol. The molecule has 2 atom stereocenters. The van der Waals surface area contributed by atoms with Crippen molar-refractivity contribution < 1.29 is 23.7 Å². The summed E-state index contributed by atoms with van der Waals surface area (Å²) < 4.78 is 29.4. The van der Waals surface area contributed by atoms with E-state index in [2.05, 4.69) is 47.8 Å². The van der Waals surface area contributed by atoms with Crippen molar-refractivity contribution in [3.8, 4) is 17.2 Å². The molecule has 0 spiro atoms. The van der Waals surface area contributed by atoms with Crippen molar-refractivity contribution in [1.82, 2.24) is 5.32 Å². The number of rotatable bonds is 11. The summed E-state index contributed by atoms with van der Waals surface area (Å²) in [7, 11) is 0. The third-order valence-electron chi connectivity index (χ3n) is 6.62. The van der Waals surface area contributed by atoms with Gasteiger partial charge in [0.15, 0.2) is 11.5 Å². The van der Waals surface area contributed by atoms with Crippen LogP contribution in [0.5, 0.6) is 17.2 Å². The molecule has 3 aromatic rings. The fourth-order valence-electron chi connectivity index (χ4n) is 4.69. The van der Waals surface area contributed by atoms with Crippen LogP contribution >= 0.6 is 0 Å². The van der Waals surface area contributed by atoms with E-state index in [1.54, 1.807) is 0 Å². The molecule has 0 radical (unpaired) electrons. The van der Waals surface area contributed by atoms with Crippen LogP contribution in [-0.2, 0) is 22.7 Å². The zero-order chi connectivity index (χ0) is 24.4. The Balaban J connectivity index is 1.07. The lowest BCUT2D eigenvalue weighted by Crippen LogP contribution is -2.40. The predicted octanol–water partition coefficient (Wildman–Crippen LogP) is 5.11. The van der Waals surface area contributed by atoms with Crippen molar-refractivity contribution in [3.63, 3.8) is 0 Å². The molecule has 1 saturated heterocycles. The highest BCUT2D eigenvalue weighted by atomic mass is 16.6. The molecular formula is C30H35NO5. The molecular weight excluding hydrogens is 454 g/mol. The minimum atomic E-state index is 0.112. The second-order valence-corrected chi connectivity index (χ2v) is 9.24. The van der Waals surface area contributed by atoms with Crippen LogP contribution in [0.3, 0.4) is 0 Å². The van der Waals surface area contributed by atoms with Crippen LogP contribution in [0.15, 0.2) is 72.8 Å². The molecule has 2 aliphatic heterocycles. The molecule has 0 aromatic heterocycles. The van der Waals surface area contributed by atoms with Crippen LogP contribution < -0.4 is 19.5 Å². The van der Waals surface area contributed by atoms with Crippen molar-refractivity contribution >= 4 is 0 Å². The van der Waals surface area contributed by atoms with Gasteiger partial charge in [-0.1, -0.05) is 48.5 Å². The van der Waals surface area contributed by atoms with E-state index in [4.69, 9.17) is 23.7 Å². The molecule has 2 heterocycles. The Kier molecular flexibility index (Phi) is 8.73. The van der Waals surface area contributed by atoms with Gasteiger partial charge >= 0.3 is 0 Å². The first kappa shape index (κ1) is 24.6. The minimum Gasteiger partial charge on any atom is -0.494 e. The Morgan fingerprint density at radius 1 is 0.806 bits per heavy atom. The molecule has 6 heteroatoms. The normalized spacial score (nSPS) is 19.1. The van der Waals surface area contributed by atoms with E-state index >= 15 is 0 Å². The second kappa shape index (κ2) is 12.8. The molecule has 6 nitrogen and oxygen atoms in total. The van der Waals surface area contributed by atoms with Gasteiger partial charge in [0.25, 0.3) is 0 Å². The van der Waals surface area contributed by atoms with Crippen molar-refractivity contribution in [2.75, 3.05) is 39.5 Å². The number of piperidine rings is 1. The van der Waals surface area contributed by atoms with Gasteiger partial charge < -0.3 is 29.0 Å². The van der Waals surface area contributed by atoms with Crippen LogP contribution in [0.2, 0.25) is 0 Å². The molecule has 0 saturated carbocycles. The van der Waals surface area contributed by atoms with Gasteiger partial charge in [-0.3, -0.25) is 0 Å². The standard InChI is InChI=1S/C30H35NO5/c1-2-5-23(6-3-1)21-32-15-4-16-33-26-10-8-25(9-11-26)27-13-14-31-20-30(27)36-22-24-7-12-28-29(19-24)35-18-17-34-28/h1-3,5-12,19,27,30-31H,4,13-18,20-22H2. The summed E-state index contributed by atoms with van der Waals surface area (Å²) in [6.07, 6.45) is 2.02. The van der Waals surface area contributed by atoms with Crippen LogP contribution in [-0.4, -0.2) is 45.6 Å². The Bertz CT molecular complexity index is 1070. The topological polar surface area (TPSA) is 58.2 Å². The van der Waals surface area contributed by atoms with Gasteiger partial charge in [-0.25, -0.2) is 0 Å². The molecule has 2 unspecified atom stereocenters. The summed E-state index contributed by atoms with van der Waals surface area (Å²) >= 11 is 0. The van der Waals surface area contributed by atoms with Gasteiger partial charge in [-0.15, -0.1) is 0 Å². The van der Waals surface area contributed by atoms with Crippen molar-refractivity contribution in [2.45, 2.75) is 38.1 Å². The number of hydrogen-bond donors (Lipinski definition) is 1. The molecule has 5 rings (SSSR count). The minimum absolute atomic E-state index is 0.112. The molecule has 1 fully saturated rings. The lowest BCUT2D eigenvalue weighted by atomic mass is 9.87. The SMILES string of the molecule is c1ccc(COCCCOc2ccc(C3CCNCC3OCc3ccc4c(c3)OCCO4)cc2)cc1. The summed E-state index contributed by atoms with van der Waals surface area (Å²) in [5.41, 5.74) is 3.59. The third-order valence-corrected chi connectivity index (χ3v) is 6.62. The molecule has 0 amide bonds. The zero-order valence-electron chi connectivity index (χ0n) is 20.7. The van der Waals surface area contributed by atoms with E-state index in [-0.39, 0.29) is 6.10 Å². The van der Waals surface area contributed by atoms with Crippen LogP contribution in [0.4, 0.5) is 0 Å². The highest BCUT2D eigenvalue weighted by Crippen LogP contribution is 2.33. The number of hydrogen-bond acceptors (Lipinski definition) is 6. The van der Waals surface area contributed by atoms with Crippen molar-refractivity contribution in [3.05, 3.63) is 89.5 Å². The Labute approximate surface area is 213 Å². The predicted molar refractivity (Wildman–Crippen MR) is 139 cm³/mol. The first-order valence-electron chi connectivity index (χ1n) is 12.9. The number of benzene rings is 3. The number of nitrogens with one attached hydrogen (secondary N) is 1. The van der Waals surface area contributed by atoms with Gasteiger partial charge in [0.1, 0.15) is 19.0 Å². The van der Waals surface area contributed by atoms with Crippen molar-refractivity contribution in [1.29, 1.82) is 0 Å². The van der Waals surface area contributed by atoms with E-state index in [1.807, 2.05) is 30.3 Å². The van der Waals surface area contributed by atoms with Crippen LogP contribution in [0, 0.1) is 0 Å². The molecule has 36 heavy (non-hydrogen) atoms. The Morgan fingerprint density at radius 2 is 1.64 bits per heavy atom. The summed E-state index contributed by atoms with van der Waals surface area (Å²) in [6, 6.07) is 24.8. The molecule has 2 aliphatic rings. The average Bonchev–Trinajstić information content (AvgIpc) is 2.95. The zero-order valence-corrected chi connectivity index (χ0v) is 20.7. The van der Waals surface area contributed by atoms with Gasteiger partial charge in [-0.05, 0) is 53.9 Å². The quantitative estimate of drug-likeness (QED) is 0.378. The summed E-state index contributed by atoms with van der Waals surface area (Å²) in [4.78, 5) is 0. The second-order valence-electron chi connectivity index (χ2n) is 9.24. The number of fused-ring (bicyclic) bond motifs is 1. The molecule has 190 valence electrons. The van der Waals surface area contributed by atoms with E-state index in [1.165, 1.54) is 11.1 Å². The summed E-state index contributed by atoms with van der Waals surface area (Å²) in [5.74, 6) is 2.86. The lowest BCUT2D eigenvalue weighted by molar-refractivity contribution is 0.0104. The highest BCUT2D eigenvalue weighted by molar-refractivity contribution is 5.43. The smallest absolute Gasteiger partial charge is 0.161 e. The van der Waals surface area contributed by atoms with E-state index < -0.39 is 0 Å².